The van der Waals surface area contributed by atoms with Gasteiger partial charge in [-0.15, -0.1) is 0 Å². The van der Waals surface area contributed by atoms with Crippen LogP contribution in [0.25, 0.3) is 0 Å². The lowest BCUT2D eigenvalue weighted by Gasteiger charge is -2.07. The Morgan fingerprint density at radius 2 is 1.89 bits per heavy atom. The number of aromatic nitrogens is 3. The first-order valence-corrected chi connectivity index (χ1v) is 6.22. The molecule has 2 aromatic heterocycles. The molecule has 5 nitrogen and oxygen atoms in total. The van der Waals surface area contributed by atoms with E-state index in [4.69, 9.17) is 34.8 Å². The summed E-state index contributed by atoms with van der Waals surface area (Å²) in [7, 11) is 0. The van der Waals surface area contributed by atoms with Crippen LogP contribution in [0.3, 0.4) is 0 Å². The first-order chi connectivity index (χ1) is 8.97. The molecule has 0 bridgehead atoms. The molecule has 0 unspecified atom stereocenters. The Morgan fingerprint density at radius 3 is 2.58 bits per heavy atom. The molecule has 2 aromatic rings. The van der Waals surface area contributed by atoms with Gasteiger partial charge >= 0.3 is 0 Å². The SMILES string of the molecule is Cc1nc(NC(=O)c2cncc(Cl)n2)c(Cl)cc1Cl. The number of halogens is 3. The molecule has 0 aromatic carbocycles. The summed E-state index contributed by atoms with van der Waals surface area (Å²) in [5, 5.41) is 3.30. The van der Waals surface area contributed by atoms with Gasteiger partial charge in [0, 0.05) is 0 Å². The lowest BCUT2D eigenvalue weighted by Crippen LogP contribution is -2.15. The van der Waals surface area contributed by atoms with Crippen molar-refractivity contribution in [2.45, 2.75) is 6.92 Å². The molecule has 0 saturated carbocycles. The topological polar surface area (TPSA) is 67.8 Å². The van der Waals surface area contributed by atoms with E-state index in [0.717, 1.165) is 0 Å². The Morgan fingerprint density at radius 1 is 1.16 bits per heavy atom. The summed E-state index contributed by atoms with van der Waals surface area (Å²) < 4.78 is 0. The highest BCUT2D eigenvalue weighted by atomic mass is 35.5. The smallest absolute Gasteiger partial charge is 0.277 e. The lowest BCUT2D eigenvalue weighted by atomic mass is 10.3. The van der Waals surface area contributed by atoms with Crippen molar-refractivity contribution in [2.75, 3.05) is 5.32 Å². The van der Waals surface area contributed by atoms with Gasteiger partial charge in [0.2, 0.25) is 0 Å². The molecule has 0 atom stereocenters. The summed E-state index contributed by atoms with van der Waals surface area (Å²) in [5.74, 6) is -0.304. The fourth-order valence-corrected chi connectivity index (χ4v) is 1.82. The predicted octanol–water partition coefficient (Wildman–Crippen LogP) is 3.39. The molecule has 19 heavy (non-hydrogen) atoms. The van der Waals surface area contributed by atoms with Gasteiger partial charge in [-0.1, -0.05) is 34.8 Å². The highest BCUT2D eigenvalue weighted by Gasteiger charge is 2.13. The summed E-state index contributed by atoms with van der Waals surface area (Å²) in [6.07, 6.45) is 2.62. The zero-order valence-corrected chi connectivity index (χ0v) is 11.9. The van der Waals surface area contributed by atoms with Crippen molar-refractivity contribution >= 4 is 46.5 Å². The third kappa shape index (κ3) is 3.32. The number of rotatable bonds is 2. The fourth-order valence-electron chi connectivity index (χ4n) is 1.27. The number of carbonyl (C=O) groups excluding carboxylic acids is 1. The quantitative estimate of drug-likeness (QED) is 0.922. The number of nitrogens with zero attached hydrogens (tertiary/aromatic N) is 3. The molecule has 0 radical (unpaired) electrons. The van der Waals surface area contributed by atoms with Crippen LogP contribution in [0, 0.1) is 6.92 Å². The number of hydrogen-bond acceptors (Lipinski definition) is 4. The van der Waals surface area contributed by atoms with E-state index in [9.17, 15) is 4.79 Å². The number of amides is 1. The molecule has 2 rings (SSSR count). The molecule has 0 spiro atoms. The van der Waals surface area contributed by atoms with Crippen molar-refractivity contribution in [2.24, 2.45) is 0 Å². The van der Waals surface area contributed by atoms with Crippen molar-refractivity contribution in [3.63, 3.8) is 0 Å². The predicted molar refractivity (Wildman–Crippen MR) is 74.0 cm³/mol. The second-order valence-corrected chi connectivity index (χ2v) is 4.77. The molecule has 8 heteroatoms. The minimum Gasteiger partial charge on any atom is -0.304 e. The summed E-state index contributed by atoms with van der Waals surface area (Å²) in [5.41, 5.74) is 0.622. The van der Waals surface area contributed by atoms with Crippen molar-refractivity contribution in [3.05, 3.63) is 45.0 Å². The van der Waals surface area contributed by atoms with Crippen molar-refractivity contribution in [1.29, 1.82) is 0 Å². The molecular formula is C11H7Cl3N4O. The summed E-state index contributed by atoms with van der Waals surface area (Å²) >= 11 is 17.5. The van der Waals surface area contributed by atoms with Crippen molar-refractivity contribution in [1.82, 2.24) is 15.0 Å². The third-order valence-corrected chi connectivity index (χ3v) is 3.03. The molecule has 0 aliphatic heterocycles. The first-order valence-electron chi connectivity index (χ1n) is 5.09. The van der Waals surface area contributed by atoms with E-state index in [0.29, 0.717) is 10.7 Å². The van der Waals surface area contributed by atoms with Crippen LogP contribution in [0.1, 0.15) is 16.2 Å². The first kappa shape index (κ1) is 14.0. The maximum atomic E-state index is 11.9. The normalized spacial score (nSPS) is 10.3. The molecule has 1 N–H and O–H groups in total. The van der Waals surface area contributed by atoms with E-state index in [1.54, 1.807) is 6.92 Å². The van der Waals surface area contributed by atoms with E-state index >= 15 is 0 Å². The average molecular weight is 318 g/mol. The summed E-state index contributed by atoms with van der Waals surface area (Å²) in [6.45, 7) is 1.70. The van der Waals surface area contributed by atoms with Gasteiger partial charge < -0.3 is 5.32 Å². The zero-order valence-electron chi connectivity index (χ0n) is 9.62. The molecular weight excluding hydrogens is 311 g/mol. The van der Waals surface area contributed by atoms with E-state index in [2.05, 4.69) is 20.3 Å². The van der Waals surface area contributed by atoms with Crippen LogP contribution in [0.4, 0.5) is 5.82 Å². The molecule has 0 fully saturated rings. The minimum atomic E-state index is -0.508. The van der Waals surface area contributed by atoms with E-state index < -0.39 is 5.91 Å². The van der Waals surface area contributed by atoms with Crippen LogP contribution in [0.15, 0.2) is 18.5 Å². The van der Waals surface area contributed by atoms with E-state index in [-0.39, 0.29) is 21.7 Å². The van der Waals surface area contributed by atoms with Crippen LogP contribution < -0.4 is 5.32 Å². The van der Waals surface area contributed by atoms with Gasteiger partial charge in [0.25, 0.3) is 5.91 Å². The third-order valence-electron chi connectivity index (χ3n) is 2.17. The molecule has 98 valence electrons. The van der Waals surface area contributed by atoms with Crippen molar-refractivity contribution in [3.8, 4) is 0 Å². The van der Waals surface area contributed by atoms with Gasteiger partial charge in [0.15, 0.2) is 5.82 Å². The number of carbonyl (C=O) groups is 1. The molecule has 0 aliphatic rings. The highest BCUT2D eigenvalue weighted by Crippen LogP contribution is 2.25. The Kier molecular flexibility index (Phi) is 4.19. The number of hydrogen-bond donors (Lipinski definition) is 1. The van der Waals surface area contributed by atoms with Gasteiger partial charge in [-0.25, -0.2) is 9.97 Å². The van der Waals surface area contributed by atoms with Crippen LogP contribution in [0.5, 0.6) is 0 Å². The van der Waals surface area contributed by atoms with Gasteiger partial charge in [-0.05, 0) is 13.0 Å². The monoisotopic (exact) mass is 316 g/mol. The maximum absolute atomic E-state index is 11.9. The van der Waals surface area contributed by atoms with Gasteiger partial charge in [0.1, 0.15) is 10.8 Å². The van der Waals surface area contributed by atoms with E-state index in [1.165, 1.54) is 18.5 Å². The Balaban J connectivity index is 2.27. The van der Waals surface area contributed by atoms with Crippen LogP contribution >= 0.6 is 34.8 Å². The summed E-state index contributed by atoms with van der Waals surface area (Å²) in [4.78, 5) is 23.6. The van der Waals surface area contributed by atoms with Crippen LogP contribution in [0.2, 0.25) is 15.2 Å². The van der Waals surface area contributed by atoms with Gasteiger partial charge in [0.05, 0.1) is 28.1 Å². The Bertz CT molecular complexity index is 648. The standard InChI is InChI=1S/C11H7Cl3N4O/c1-5-6(12)2-7(13)10(16-5)18-11(19)8-3-15-4-9(14)17-8/h2-4H,1H3,(H,16,18,19). The summed E-state index contributed by atoms with van der Waals surface area (Å²) in [6, 6.07) is 1.50. The average Bonchev–Trinajstić information content (AvgIpc) is 2.36. The fraction of sp³-hybridized carbons (Fsp3) is 0.0909. The molecule has 0 aliphatic carbocycles. The van der Waals surface area contributed by atoms with E-state index in [1.807, 2.05) is 0 Å². The molecule has 0 saturated heterocycles. The zero-order chi connectivity index (χ0) is 14.0. The second kappa shape index (κ2) is 5.69. The van der Waals surface area contributed by atoms with Crippen molar-refractivity contribution < 1.29 is 4.79 Å². The highest BCUT2D eigenvalue weighted by molar-refractivity contribution is 6.36. The number of aryl methyl sites for hydroxylation is 1. The van der Waals surface area contributed by atoms with Gasteiger partial charge in [-0.3, -0.25) is 9.78 Å². The molecule has 1 amide bonds. The van der Waals surface area contributed by atoms with Gasteiger partial charge in [-0.2, -0.15) is 0 Å². The maximum Gasteiger partial charge on any atom is 0.277 e. The van der Waals surface area contributed by atoms with Crippen LogP contribution in [-0.2, 0) is 0 Å². The Labute approximate surface area is 123 Å². The largest absolute Gasteiger partial charge is 0.304 e. The number of nitrogens with one attached hydrogen (secondary N) is 1. The molecule has 2 heterocycles. The second-order valence-electron chi connectivity index (χ2n) is 3.57. The number of pyridine rings is 1. The minimum absolute atomic E-state index is 0.0676. The van der Waals surface area contributed by atoms with Crippen LogP contribution in [-0.4, -0.2) is 20.9 Å². The Hall–Kier alpha value is -1.43. The lowest BCUT2D eigenvalue weighted by molar-refractivity contribution is 0.102. The number of anilines is 1.